The average molecular weight is 328 g/mol. The van der Waals surface area contributed by atoms with Crippen LogP contribution in [0.1, 0.15) is 55.9 Å². The Morgan fingerprint density at radius 3 is 2.50 bits per heavy atom. The maximum atomic E-state index is 12.6. The number of anilines is 1. The third-order valence-corrected chi connectivity index (χ3v) is 4.90. The van der Waals surface area contributed by atoms with Crippen molar-refractivity contribution in [2.24, 2.45) is 0 Å². The third kappa shape index (κ3) is 2.94. The van der Waals surface area contributed by atoms with Gasteiger partial charge in [-0.3, -0.25) is 0 Å². The molecule has 0 atom stereocenters. The molecule has 0 aliphatic carbocycles. The van der Waals surface area contributed by atoms with Gasteiger partial charge < -0.3 is 9.47 Å². The summed E-state index contributed by atoms with van der Waals surface area (Å²) in [6, 6.07) is 0.333. The van der Waals surface area contributed by atoms with Crippen molar-refractivity contribution in [1.82, 2.24) is 25.0 Å². The number of hydrogen-bond donors (Lipinski definition) is 0. The Morgan fingerprint density at radius 2 is 1.91 bits per heavy atom. The quantitative estimate of drug-likeness (QED) is 0.863. The molecular weight excluding hydrogens is 310 g/mol. The summed E-state index contributed by atoms with van der Waals surface area (Å²) >= 11 is 0.975. The fourth-order valence-corrected chi connectivity index (χ4v) is 3.46. The van der Waals surface area contributed by atoms with Gasteiger partial charge in [-0.2, -0.15) is 0 Å². The van der Waals surface area contributed by atoms with E-state index in [1.54, 1.807) is 6.33 Å². The van der Waals surface area contributed by atoms with Crippen LogP contribution in [0.5, 0.6) is 0 Å². The standard InChI is InChI=1S/C13H18F2N6S/c1-8(2)21-7-16-17-11(21)9-3-5-20(6-4-9)13-19-18-12(22-13)10(14)15/h7-10H,3-6H2,1-2H3. The molecule has 2 aromatic rings. The van der Waals surface area contributed by atoms with Gasteiger partial charge in [0.2, 0.25) is 5.13 Å². The van der Waals surface area contributed by atoms with Gasteiger partial charge in [0.1, 0.15) is 12.2 Å². The highest BCUT2D eigenvalue weighted by molar-refractivity contribution is 7.15. The van der Waals surface area contributed by atoms with E-state index in [1.165, 1.54) is 0 Å². The Labute approximate surface area is 131 Å². The van der Waals surface area contributed by atoms with Gasteiger partial charge in [-0.05, 0) is 26.7 Å². The molecule has 0 aromatic carbocycles. The molecule has 2 aromatic heterocycles. The van der Waals surface area contributed by atoms with Crippen molar-refractivity contribution in [3.8, 4) is 0 Å². The zero-order valence-corrected chi connectivity index (χ0v) is 13.3. The molecule has 3 heterocycles. The second-order valence-electron chi connectivity index (χ2n) is 5.68. The molecule has 1 fully saturated rings. The zero-order valence-electron chi connectivity index (χ0n) is 12.5. The van der Waals surface area contributed by atoms with Crippen molar-refractivity contribution in [1.29, 1.82) is 0 Å². The Kier molecular flexibility index (Phi) is 4.32. The number of hydrogen-bond acceptors (Lipinski definition) is 6. The molecule has 0 unspecified atom stereocenters. The number of aromatic nitrogens is 5. The average Bonchev–Trinajstić information content (AvgIpc) is 3.17. The molecular formula is C13H18F2N6S. The third-order valence-electron chi connectivity index (χ3n) is 3.90. The Balaban J connectivity index is 1.66. The first kappa shape index (κ1) is 15.3. The van der Waals surface area contributed by atoms with E-state index in [1.807, 2.05) is 4.90 Å². The van der Waals surface area contributed by atoms with Crippen LogP contribution in [0.25, 0.3) is 0 Å². The van der Waals surface area contributed by atoms with Crippen LogP contribution in [0.4, 0.5) is 13.9 Å². The lowest BCUT2D eigenvalue weighted by Gasteiger charge is -2.31. The van der Waals surface area contributed by atoms with Gasteiger partial charge in [-0.25, -0.2) is 8.78 Å². The Bertz CT molecular complexity index is 618. The van der Waals surface area contributed by atoms with Crippen LogP contribution in [0.3, 0.4) is 0 Å². The van der Waals surface area contributed by atoms with Crippen LogP contribution in [0.2, 0.25) is 0 Å². The summed E-state index contributed by atoms with van der Waals surface area (Å²) in [7, 11) is 0. The van der Waals surface area contributed by atoms with Gasteiger partial charge in [0, 0.05) is 25.0 Å². The van der Waals surface area contributed by atoms with E-state index in [9.17, 15) is 8.78 Å². The van der Waals surface area contributed by atoms with Gasteiger partial charge >= 0.3 is 0 Å². The normalized spacial score (nSPS) is 16.9. The number of alkyl halides is 2. The van der Waals surface area contributed by atoms with E-state index in [4.69, 9.17) is 0 Å². The van der Waals surface area contributed by atoms with Crippen molar-refractivity contribution in [3.05, 3.63) is 17.2 Å². The highest BCUT2D eigenvalue weighted by Gasteiger charge is 2.27. The molecule has 1 saturated heterocycles. The molecule has 0 N–H and O–H groups in total. The monoisotopic (exact) mass is 328 g/mol. The first-order chi connectivity index (χ1) is 10.6. The molecule has 0 amide bonds. The van der Waals surface area contributed by atoms with Crippen LogP contribution in [0.15, 0.2) is 6.33 Å². The van der Waals surface area contributed by atoms with Crippen LogP contribution in [-0.2, 0) is 0 Å². The molecule has 6 nitrogen and oxygen atoms in total. The predicted octanol–water partition coefficient (Wildman–Crippen LogP) is 3.03. The van der Waals surface area contributed by atoms with Crippen LogP contribution < -0.4 is 4.90 Å². The van der Waals surface area contributed by atoms with Gasteiger partial charge in [0.15, 0.2) is 5.01 Å². The summed E-state index contributed by atoms with van der Waals surface area (Å²) in [4.78, 5) is 2.02. The maximum Gasteiger partial charge on any atom is 0.291 e. The van der Waals surface area contributed by atoms with E-state index in [2.05, 4.69) is 38.8 Å². The van der Waals surface area contributed by atoms with Crippen LogP contribution in [-0.4, -0.2) is 38.1 Å². The van der Waals surface area contributed by atoms with Crippen LogP contribution >= 0.6 is 11.3 Å². The van der Waals surface area contributed by atoms with E-state index >= 15 is 0 Å². The van der Waals surface area contributed by atoms with Gasteiger partial charge in [0.05, 0.1) is 0 Å². The summed E-state index contributed by atoms with van der Waals surface area (Å²) in [6.07, 6.45) is 1.05. The minimum atomic E-state index is -2.55. The summed E-state index contributed by atoms with van der Waals surface area (Å²) in [5.41, 5.74) is 0. The largest absolute Gasteiger partial charge is 0.347 e. The zero-order chi connectivity index (χ0) is 15.7. The molecule has 120 valence electrons. The van der Waals surface area contributed by atoms with E-state index < -0.39 is 6.43 Å². The Hall–Kier alpha value is -1.64. The molecule has 0 spiro atoms. The lowest BCUT2D eigenvalue weighted by atomic mass is 9.96. The predicted molar refractivity (Wildman–Crippen MR) is 79.5 cm³/mol. The number of halogens is 2. The second kappa shape index (κ2) is 6.23. The van der Waals surface area contributed by atoms with Crippen LogP contribution in [0, 0.1) is 0 Å². The molecule has 9 heteroatoms. The van der Waals surface area contributed by atoms with Crippen molar-refractivity contribution in [3.63, 3.8) is 0 Å². The lowest BCUT2D eigenvalue weighted by molar-refractivity contribution is 0.150. The first-order valence-corrected chi connectivity index (χ1v) is 8.13. The van der Waals surface area contributed by atoms with Gasteiger partial charge in [0.25, 0.3) is 6.43 Å². The molecule has 22 heavy (non-hydrogen) atoms. The second-order valence-corrected chi connectivity index (χ2v) is 6.66. The molecule has 0 saturated carbocycles. The van der Waals surface area contributed by atoms with E-state index in [-0.39, 0.29) is 5.01 Å². The summed E-state index contributed by atoms with van der Waals surface area (Å²) in [6.45, 7) is 5.76. The molecule has 3 rings (SSSR count). The Morgan fingerprint density at radius 1 is 1.18 bits per heavy atom. The fourth-order valence-electron chi connectivity index (χ4n) is 2.71. The smallest absolute Gasteiger partial charge is 0.291 e. The minimum absolute atomic E-state index is 0.211. The maximum absolute atomic E-state index is 12.6. The van der Waals surface area contributed by atoms with Crippen molar-refractivity contribution < 1.29 is 8.78 Å². The van der Waals surface area contributed by atoms with Crippen molar-refractivity contribution in [2.45, 2.75) is 45.1 Å². The topological polar surface area (TPSA) is 59.7 Å². The molecule has 1 aliphatic heterocycles. The number of nitrogens with zero attached hydrogens (tertiary/aromatic N) is 6. The summed E-state index contributed by atoms with van der Waals surface area (Å²) < 4.78 is 27.3. The molecule has 0 radical (unpaired) electrons. The first-order valence-electron chi connectivity index (χ1n) is 7.32. The summed E-state index contributed by atoms with van der Waals surface area (Å²) in [5, 5.41) is 16.1. The van der Waals surface area contributed by atoms with Crippen molar-refractivity contribution in [2.75, 3.05) is 18.0 Å². The highest BCUT2D eigenvalue weighted by atomic mass is 32.1. The fraction of sp³-hybridized carbons (Fsp3) is 0.692. The number of rotatable bonds is 4. The molecule has 0 bridgehead atoms. The minimum Gasteiger partial charge on any atom is -0.347 e. The lowest BCUT2D eigenvalue weighted by Crippen LogP contribution is -2.33. The van der Waals surface area contributed by atoms with Gasteiger partial charge in [-0.1, -0.05) is 11.3 Å². The molecule has 1 aliphatic rings. The van der Waals surface area contributed by atoms with E-state index in [0.29, 0.717) is 17.1 Å². The van der Waals surface area contributed by atoms with E-state index in [0.717, 1.165) is 43.1 Å². The summed E-state index contributed by atoms with van der Waals surface area (Å²) in [5.74, 6) is 1.36. The van der Waals surface area contributed by atoms with Gasteiger partial charge in [-0.15, -0.1) is 20.4 Å². The SMILES string of the molecule is CC(C)n1cnnc1C1CCN(c2nnc(C(F)F)s2)CC1. The number of piperidine rings is 1. The van der Waals surface area contributed by atoms with Crippen molar-refractivity contribution >= 4 is 16.5 Å². The highest BCUT2D eigenvalue weighted by Crippen LogP contribution is 2.33.